The molecule has 3 aromatic rings. The van der Waals surface area contributed by atoms with Crippen LogP contribution in [-0.2, 0) is 0 Å². The van der Waals surface area contributed by atoms with Gasteiger partial charge in [-0.2, -0.15) is 0 Å². The molecule has 0 spiro atoms. The van der Waals surface area contributed by atoms with Crippen LogP contribution in [0.1, 0.15) is 107 Å². The average Bonchev–Trinajstić information content (AvgIpc) is 2.87. The zero-order chi connectivity index (χ0) is 27.7. The van der Waals surface area contributed by atoms with Gasteiger partial charge in [0.2, 0.25) is 0 Å². The molecule has 0 aliphatic carbocycles. The van der Waals surface area contributed by atoms with Gasteiger partial charge < -0.3 is 18.9 Å². The summed E-state index contributed by atoms with van der Waals surface area (Å²) in [5.74, 6) is 3.38. The second kappa shape index (κ2) is 14.5. The van der Waals surface area contributed by atoms with E-state index >= 15 is 0 Å². The van der Waals surface area contributed by atoms with Crippen LogP contribution >= 0.6 is 0 Å². The normalized spacial score (nSPS) is 14.7. The van der Waals surface area contributed by atoms with E-state index in [2.05, 4.69) is 91.8 Å². The quantitative estimate of drug-likeness (QED) is 0.175. The highest BCUT2D eigenvalue weighted by molar-refractivity contribution is 6.15. The number of ether oxygens (including phenoxy) is 4. The van der Waals surface area contributed by atoms with E-state index < -0.39 is 0 Å². The lowest BCUT2D eigenvalue weighted by atomic mass is 9.98. The van der Waals surface area contributed by atoms with Crippen molar-refractivity contribution in [1.29, 1.82) is 0 Å². The second-order valence-corrected chi connectivity index (χ2v) is 10.9. The van der Waals surface area contributed by atoms with Gasteiger partial charge in [0, 0.05) is 10.8 Å². The minimum atomic E-state index is 0.0712. The summed E-state index contributed by atoms with van der Waals surface area (Å²) in [5, 5.41) is 4.01. The maximum Gasteiger partial charge on any atom is 0.139 e. The first-order valence-electron chi connectivity index (χ1n) is 15.0. The minimum absolute atomic E-state index is 0.0712. The van der Waals surface area contributed by atoms with E-state index in [1.54, 1.807) is 0 Å². The molecule has 0 amide bonds. The summed E-state index contributed by atoms with van der Waals surface area (Å²) in [6.07, 6.45) is 8.51. The topological polar surface area (TPSA) is 36.9 Å². The van der Waals surface area contributed by atoms with Gasteiger partial charge in [-0.05, 0) is 65.5 Å². The van der Waals surface area contributed by atoms with Gasteiger partial charge in [0.25, 0.3) is 0 Å². The predicted molar refractivity (Wildman–Crippen MR) is 161 cm³/mol. The number of hydrogen-bond donors (Lipinski definition) is 0. The van der Waals surface area contributed by atoms with Crippen LogP contribution in [0.2, 0.25) is 0 Å². The molecule has 0 radical (unpaired) electrons. The lowest BCUT2D eigenvalue weighted by Crippen LogP contribution is -2.16. The number of rotatable bonds is 16. The fraction of sp³-hybridized carbons (Fsp3) is 0.588. The lowest BCUT2D eigenvalue weighted by molar-refractivity contribution is 0.198. The van der Waals surface area contributed by atoms with E-state index in [4.69, 9.17) is 18.9 Å². The molecule has 0 fully saturated rings. The Kier molecular flexibility index (Phi) is 11.4. The van der Waals surface area contributed by atoms with Crippen molar-refractivity contribution >= 4 is 21.5 Å². The SMILES string of the molecule is CCCC(C)Oc1ccc(OC(C)CCC)c2c(OC(C)CCC)c3ccccc3c(OC(C)CCC)c12. The summed E-state index contributed by atoms with van der Waals surface area (Å²) in [4.78, 5) is 0. The summed E-state index contributed by atoms with van der Waals surface area (Å²) in [6.45, 7) is 17.4. The molecule has 0 saturated carbocycles. The zero-order valence-electron chi connectivity index (χ0n) is 25.1. The van der Waals surface area contributed by atoms with Gasteiger partial charge in [-0.15, -0.1) is 0 Å². The summed E-state index contributed by atoms with van der Waals surface area (Å²) < 4.78 is 26.8. The summed E-state index contributed by atoms with van der Waals surface area (Å²) in [6, 6.07) is 12.6. The highest BCUT2D eigenvalue weighted by atomic mass is 16.5. The van der Waals surface area contributed by atoms with Crippen LogP contribution in [0.5, 0.6) is 23.0 Å². The first-order valence-corrected chi connectivity index (χ1v) is 15.0. The third kappa shape index (κ3) is 7.27. The van der Waals surface area contributed by atoms with Crippen LogP contribution < -0.4 is 18.9 Å². The molecule has 0 aliphatic heterocycles. The Labute approximate surface area is 231 Å². The lowest BCUT2D eigenvalue weighted by Gasteiger charge is -2.26. The molecular formula is C34H50O4. The van der Waals surface area contributed by atoms with Gasteiger partial charge in [0.1, 0.15) is 23.0 Å². The molecule has 0 saturated heterocycles. The van der Waals surface area contributed by atoms with Gasteiger partial charge in [-0.1, -0.05) is 77.6 Å². The summed E-state index contributed by atoms with van der Waals surface area (Å²) >= 11 is 0. The van der Waals surface area contributed by atoms with Crippen molar-refractivity contribution in [2.24, 2.45) is 0 Å². The summed E-state index contributed by atoms with van der Waals surface area (Å²) in [7, 11) is 0. The fourth-order valence-electron chi connectivity index (χ4n) is 5.30. The van der Waals surface area contributed by atoms with Gasteiger partial charge in [-0.3, -0.25) is 0 Å². The highest BCUT2D eigenvalue weighted by Gasteiger charge is 2.26. The molecule has 0 aliphatic rings. The van der Waals surface area contributed by atoms with Crippen molar-refractivity contribution in [2.75, 3.05) is 0 Å². The minimum Gasteiger partial charge on any atom is -0.490 e. The predicted octanol–water partition coefficient (Wildman–Crippen LogP) is 10.3. The Hall–Kier alpha value is -2.62. The fourth-order valence-corrected chi connectivity index (χ4v) is 5.30. The number of hydrogen-bond acceptors (Lipinski definition) is 4. The van der Waals surface area contributed by atoms with Crippen LogP contribution in [0.4, 0.5) is 0 Å². The standard InChI is InChI=1S/C34H50O4/c1-9-15-23(5)35-29-21-22-30(36-24(6)16-10-2)32-31(29)33(37-25(7)17-11-3)27-19-13-14-20-28(27)34(32)38-26(8)18-12-4/h13-14,19-26H,9-12,15-18H2,1-8H3. The van der Waals surface area contributed by atoms with Crippen molar-refractivity contribution < 1.29 is 18.9 Å². The molecular weight excluding hydrogens is 472 g/mol. The molecule has 4 unspecified atom stereocenters. The van der Waals surface area contributed by atoms with Crippen molar-refractivity contribution in [3.8, 4) is 23.0 Å². The number of benzene rings is 3. The van der Waals surface area contributed by atoms with Gasteiger partial charge >= 0.3 is 0 Å². The van der Waals surface area contributed by atoms with Gasteiger partial charge in [-0.25, -0.2) is 0 Å². The molecule has 0 heterocycles. The molecule has 38 heavy (non-hydrogen) atoms. The molecule has 4 heteroatoms. The molecule has 210 valence electrons. The van der Waals surface area contributed by atoms with Crippen molar-refractivity contribution in [1.82, 2.24) is 0 Å². The second-order valence-electron chi connectivity index (χ2n) is 10.9. The van der Waals surface area contributed by atoms with Crippen LogP contribution in [0.3, 0.4) is 0 Å². The molecule has 4 atom stereocenters. The van der Waals surface area contributed by atoms with Crippen molar-refractivity contribution in [3.05, 3.63) is 36.4 Å². The van der Waals surface area contributed by atoms with E-state index in [9.17, 15) is 0 Å². The van der Waals surface area contributed by atoms with E-state index in [1.807, 2.05) is 0 Å². The molecule has 0 aromatic heterocycles. The van der Waals surface area contributed by atoms with Crippen molar-refractivity contribution in [2.45, 2.75) is 131 Å². The zero-order valence-corrected chi connectivity index (χ0v) is 25.1. The van der Waals surface area contributed by atoms with Gasteiger partial charge in [0.15, 0.2) is 0 Å². The third-order valence-electron chi connectivity index (χ3n) is 7.07. The Morgan fingerprint density at radius 1 is 0.474 bits per heavy atom. The smallest absolute Gasteiger partial charge is 0.139 e. The van der Waals surface area contributed by atoms with E-state index in [0.717, 1.165) is 95.9 Å². The molecule has 0 bridgehead atoms. The largest absolute Gasteiger partial charge is 0.490 e. The molecule has 3 aromatic carbocycles. The van der Waals surface area contributed by atoms with Crippen molar-refractivity contribution in [3.63, 3.8) is 0 Å². The maximum atomic E-state index is 6.79. The van der Waals surface area contributed by atoms with E-state index in [0.29, 0.717) is 0 Å². The Bertz CT molecular complexity index is 1060. The van der Waals surface area contributed by atoms with E-state index in [-0.39, 0.29) is 24.4 Å². The first-order chi connectivity index (χ1) is 18.3. The molecule has 0 N–H and O–H groups in total. The highest BCUT2D eigenvalue weighted by Crippen LogP contribution is 2.51. The maximum absolute atomic E-state index is 6.79. The molecule has 4 nitrogen and oxygen atoms in total. The summed E-state index contributed by atoms with van der Waals surface area (Å²) in [5.41, 5.74) is 0. The Morgan fingerprint density at radius 2 is 0.789 bits per heavy atom. The Morgan fingerprint density at radius 3 is 1.11 bits per heavy atom. The average molecular weight is 523 g/mol. The third-order valence-corrected chi connectivity index (χ3v) is 7.07. The van der Waals surface area contributed by atoms with Gasteiger partial charge in [0.05, 0.1) is 35.2 Å². The molecule has 3 rings (SSSR count). The van der Waals surface area contributed by atoms with Crippen LogP contribution in [0.25, 0.3) is 21.5 Å². The van der Waals surface area contributed by atoms with Crippen LogP contribution in [0.15, 0.2) is 36.4 Å². The first kappa shape index (κ1) is 29.9. The van der Waals surface area contributed by atoms with Crippen LogP contribution in [-0.4, -0.2) is 24.4 Å². The van der Waals surface area contributed by atoms with Crippen LogP contribution in [0, 0.1) is 0 Å². The number of fused-ring (bicyclic) bond motifs is 2. The monoisotopic (exact) mass is 522 g/mol. The van der Waals surface area contributed by atoms with E-state index in [1.165, 1.54) is 0 Å². The Balaban J connectivity index is 2.42.